The van der Waals surface area contributed by atoms with E-state index in [-0.39, 0.29) is 44.3 Å². The van der Waals surface area contributed by atoms with Gasteiger partial charge in [0.15, 0.2) is 5.69 Å². The minimum Gasteiger partial charge on any atom is -0.464 e. The molecule has 1 atom stereocenters. The number of nitrogens with one attached hydrogen (secondary N) is 1. The van der Waals surface area contributed by atoms with Gasteiger partial charge < -0.3 is 15.5 Å². The second-order valence-corrected chi connectivity index (χ2v) is 8.96. The van der Waals surface area contributed by atoms with Crippen LogP contribution in [0.15, 0.2) is 34.9 Å². The molecular formula is C22H18F5N5O3S. The Morgan fingerprint density at radius 3 is 2.56 bits per heavy atom. The molecule has 36 heavy (non-hydrogen) atoms. The number of anilines is 1. The van der Waals surface area contributed by atoms with Gasteiger partial charge in [0.1, 0.15) is 21.2 Å². The van der Waals surface area contributed by atoms with Gasteiger partial charge >= 0.3 is 6.18 Å². The van der Waals surface area contributed by atoms with E-state index in [0.29, 0.717) is 0 Å². The fourth-order valence-corrected chi connectivity index (χ4v) is 4.58. The molecule has 0 bridgehead atoms. The van der Waals surface area contributed by atoms with Crippen molar-refractivity contribution in [2.24, 2.45) is 11.7 Å². The topological polar surface area (TPSA) is 116 Å². The largest absolute Gasteiger partial charge is 0.464 e. The van der Waals surface area contributed by atoms with E-state index in [9.17, 15) is 31.5 Å². The van der Waals surface area contributed by atoms with Crippen LogP contribution in [0.25, 0.3) is 21.5 Å². The summed E-state index contributed by atoms with van der Waals surface area (Å²) < 4.78 is 72.3. The van der Waals surface area contributed by atoms with Crippen molar-refractivity contribution in [3.05, 3.63) is 52.5 Å². The molecule has 2 amide bonds. The number of thiophene rings is 1. The number of fused-ring (bicyclic) bond motifs is 1. The summed E-state index contributed by atoms with van der Waals surface area (Å²) in [5.74, 6) is -2.30. The summed E-state index contributed by atoms with van der Waals surface area (Å²) in [7, 11) is 0. The van der Waals surface area contributed by atoms with E-state index in [0.717, 1.165) is 28.2 Å². The van der Waals surface area contributed by atoms with Crippen LogP contribution in [0.2, 0.25) is 0 Å². The van der Waals surface area contributed by atoms with E-state index in [1.54, 1.807) is 0 Å². The summed E-state index contributed by atoms with van der Waals surface area (Å²) in [4.78, 5) is 29.0. The average molecular weight is 527 g/mol. The van der Waals surface area contributed by atoms with Gasteiger partial charge in [-0.05, 0) is 31.2 Å². The summed E-state index contributed by atoms with van der Waals surface area (Å²) in [5, 5.41) is 6.27. The number of primary amides is 1. The van der Waals surface area contributed by atoms with Crippen LogP contribution in [0.4, 0.5) is 27.6 Å². The number of carbonyl (C=O) groups excluding carboxylic acids is 2. The molecular weight excluding hydrogens is 509 g/mol. The molecule has 0 fully saturated rings. The summed E-state index contributed by atoms with van der Waals surface area (Å²) >= 11 is 0.723. The Bertz CT molecular complexity index is 1440. The summed E-state index contributed by atoms with van der Waals surface area (Å²) in [6.07, 6.45) is -6.23. The number of furan rings is 1. The normalized spacial score (nSPS) is 12.9. The maximum atomic E-state index is 13.5. The van der Waals surface area contributed by atoms with Crippen molar-refractivity contribution in [3.63, 3.8) is 0 Å². The van der Waals surface area contributed by atoms with Crippen LogP contribution in [0.5, 0.6) is 0 Å². The standard InChI is InChI=1S/C22H18F5N5O3S/c1-9(8-32-10(2)6-14(31-32)22(25,26)27)20(34)30-16-15-11(13-4-3-5-35-13)7-12(18(23)24)29-21(15)36-17(16)19(28)33/h3-7,9,18H,8H2,1-2H3,(H2,28,33)(H,30,34). The maximum Gasteiger partial charge on any atom is 0.435 e. The van der Waals surface area contributed by atoms with Crippen molar-refractivity contribution in [1.29, 1.82) is 0 Å². The molecule has 0 radical (unpaired) electrons. The molecule has 0 aliphatic rings. The summed E-state index contributed by atoms with van der Waals surface area (Å²) in [6.45, 7) is 2.69. The zero-order chi connectivity index (χ0) is 26.4. The number of amides is 2. The predicted molar refractivity (Wildman–Crippen MR) is 121 cm³/mol. The van der Waals surface area contributed by atoms with Gasteiger partial charge in [-0.2, -0.15) is 18.3 Å². The van der Waals surface area contributed by atoms with Crippen LogP contribution in [-0.4, -0.2) is 26.6 Å². The highest BCUT2D eigenvalue weighted by molar-refractivity contribution is 7.21. The molecule has 4 aromatic rings. The number of nitrogens with zero attached hydrogens (tertiary/aromatic N) is 3. The number of pyridine rings is 1. The second kappa shape index (κ2) is 9.33. The molecule has 4 heterocycles. The number of hydrogen-bond acceptors (Lipinski definition) is 6. The van der Waals surface area contributed by atoms with Crippen LogP contribution in [-0.2, 0) is 17.5 Å². The van der Waals surface area contributed by atoms with E-state index < -0.39 is 41.7 Å². The molecule has 190 valence electrons. The van der Waals surface area contributed by atoms with Crippen molar-refractivity contribution in [1.82, 2.24) is 14.8 Å². The highest BCUT2D eigenvalue weighted by Crippen LogP contribution is 2.42. The number of aromatic nitrogens is 3. The van der Waals surface area contributed by atoms with Crippen LogP contribution in [0, 0.1) is 12.8 Å². The Morgan fingerprint density at radius 2 is 2.00 bits per heavy atom. The number of alkyl halides is 5. The highest BCUT2D eigenvalue weighted by atomic mass is 32.1. The van der Waals surface area contributed by atoms with E-state index in [1.165, 1.54) is 32.2 Å². The van der Waals surface area contributed by atoms with Crippen molar-refractivity contribution in [2.45, 2.75) is 33.0 Å². The fourth-order valence-electron chi connectivity index (χ4n) is 3.57. The number of carbonyl (C=O) groups is 2. The number of rotatable bonds is 7. The third-order valence-corrected chi connectivity index (χ3v) is 6.43. The number of aryl methyl sites for hydroxylation is 1. The fraction of sp³-hybridized carbons (Fsp3) is 0.273. The first-order valence-electron chi connectivity index (χ1n) is 10.4. The third kappa shape index (κ3) is 4.80. The van der Waals surface area contributed by atoms with Crippen molar-refractivity contribution in [2.75, 3.05) is 5.32 Å². The Kier molecular flexibility index (Phi) is 6.56. The van der Waals surface area contributed by atoms with Crippen molar-refractivity contribution >= 4 is 39.1 Å². The van der Waals surface area contributed by atoms with Crippen molar-refractivity contribution in [3.8, 4) is 11.3 Å². The molecule has 0 spiro atoms. The number of halogens is 5. The number of hydrogen-bond donors (Lipinski definition) is 2. The molecule has 0 aliphatic heterocycles. The van der Waals surface area contributed by atoms with Gasteiger partial charge in [0.2, 0.25) is 5.91 Å². The third-order valence-electron chi connectivity index (χ3n) is 5.33. The molecule has 0 saturated heterocycles. The van der Waals surface area contributed by atoms with Crippen LogP contribution in [0.1, 0.15) is 40.1 Å². The van der Waals surface area contributed by atoms with Gasteiger partial charge in [-0.3, -0.25) is 14.3 Å². The molecule has 0 aromatic carbocycles. The SMILES string of the molecule is Cc1cc(C(F)(F)F)nn1CC(C)C(=O)Nc1c(C(N)=O)sc2nc(C(F)F)cc(-c3ccco3)c12. The quantitative estimate of drug-likeness (QED) is 0.313. The molecule has 4 aromatic heterocycles. The lowest BCUT2D eigenvalue weighted by molar-refractivity contribution is -0.141. The second-order valence-electron chi connectivity index (χ2n) is 7.96. The Balaban J connectivity index is 1.73. The highest BCUT2D eigenvalue weighted by Gasteiger charge is 2.35. The first kappa shape index (κ1) is 25.3. The Hall–Kier alpha value is -3.81. The minimum atomic E-state index is -4.64. The lowest BCUT2D eigenvalue weighted by Crippen LogP contribution is -2.26. The molecule has 8 nitrogen and oxygen atoms in total. The van der Waals surface area contributed by atoms with Gasteiger partial charge in [-0.25, -0.2) is 13.8 Å². The number of nitrogens with two attached hydrogens (primary N) is 1. The van der Waals surface area contributed by atoms with E-state index in [4.69, 9.17) is 10.2 Å². The smallest absolute Gasteiger partial charge is 0.435 e. The van der Waals surface area contributed by atoms with Gasteiger partial charge in [0.25, 0.3) is 12.3 Å². The zero-order valence-electron chi connectivity index (χ0n) is 18.7. The first-order chi connectivity index (χ1) is 16.9. The van der Waals surface area contributed by atoms with Gasteiger partial charge in [-0.15, -0.1) is 11.3 Å². The predicted octanol–water partition coefficient (Wildman–Crippen LogP) is 5.39. The average Bonchev–Trinajstić information content (AvgIpc) is 3.52. The summed E-state index contributed by atoms with van der Waals surface area (Å²) in [5.41, 5.74) is 4.14. The van der Waals surface area contributed by atoms with Crippen LogP contribution < -0.4 is 11.1 Å². The summed E-state index contributed by atoms with van der Waals surface area (Å²) in [6, 6.07) is 5.00. The Morgan fingerprint density at radius 1 is 1.28 bits per heavy atom. The van der Waals surface area contributed by atoms with Crippen LogP contribution >= 0.6 is 11.3 Å². The first-order valence-corrected chi connectivity index (χ1v) is 11.2. The van der Waals surface area contributed by atoms with Gasteiger partial charge in [0.05, 0.1) is 24.4 Å². The van der Waals surface area contributed by atoms with E-state index >= 15 is 0 Å². The lowest BCUT2D eigenvalue weighted by Gasteiger charge is -2.15. The molecule has 0 saturated carbocycles. The van der Waals surface area contributed by atoms with E-state index in [1.807, 2.05) is 0 Å². The lowest BCUT2D eigenvalue weighted by atomic mass is 10.1. The monoisotopic (exact) mass is 527 g/mol. The molecule has 1 unspecified atom stereocenters. The van der Waals surface area contributed by atoms with Crippen LogP contribution in [0.3, 0.4) is 0 Å². The van der Waals surface area contributed by atoms with Gasteiger partial charge in [0, 0.05) is 16.6 Å². The van der Waals surface area contributed by atoms with Gasteiger partial charge in [-0.1, -0.05) is 6.92 Å². The minimum absolute atomic E-state index is 0.0219. The molecule has 14 heteroatoms. The zero-order valence-corrected chi connectivity index (χ0v) is 19.5. The Labute approximate surface area is 203 Å². The van der Waals surface area contributed by atoms with E-state index in [2.05, 4.69) is 15.4 Å². The van der Waals surface area contributed by atoms with Crippen molar-refractivity contribution < 1.29 is 36.0 Å². The maximum absolute atomic E-state index is 13.5. The molecule has 0 aliphatic carbocycles. The molecule has 4 rings (SSSR count). The molecule has 3 N–H and O–H groups in total.